The van der Waals surface area contributed by atoms with Crippen molar-refractivity contribution in [3.05, 3.63) is 53.3 Å². The van der Waals surface area contributed by atoms with E-state index in [1.165, 1.54) is 39.5 Å². The van der Waals surface area contributed by atoms with Crippen LogP contribution in [0.4, 0.5) is 19.0 Å². The Morgan fingerprint density at radius 2 is 1.79 bits per heavy atom. The lowest BCUT2D eigenvalue weighted by molar-refractivity contribution is -0.200. The van der Waals surface area contributed by atoms with Crippen LogP contribution in [-0.2, 0) is 24.1 Å². The maximum absolute atomic E-state index is 13.9. The van der Waals surface area contributed by atoms with Crippen LogP contribution in [0.1, 0.15) is 17.5 Å². The van der Waals surface area contributed by atoms with E-state index in [1.54, 1.807) is 12.1 Å². The second kappa shape index (κ2) is 8.43. The molecule has 0 bridgehead atoms. The Morgan fingerprint density at radius 3 is 2.32 bits per heavy atom. The van der Waals surface area contributed by atoms with Crippen LogP contribution in [0.5, 0.6) is 5.88 Å². The Hall–Kier alpha value is -3.39. The van der Waals surface area contributed by atoms with Crippen LogP contribution in [0, 0.1) is 6.92 Å². The molecule has 0 aliphatic carbocycles. The Kier molecular flexibility index (Phi) is 5.89. The summed E-state index contributed by atoms with van der Waals surface area (Å²) in [7, 11) is -1.61. The summed E-state index contributed by atoms with van der Waals surface area (Å²) in [5, 5.41) is 3.76. The molecule has 0 spiro atoms. The highest BCUT2D eigenvalue weighted by molar-refractivity contribution is 7.92. The first-order valence-electron chi connectivity index (χ1n) is 9.56. The lowest BCUT2D eigenvalue weighted by Gasteiger charge is -2.22. The maximum atomic E-state index is 13.9. The van der Waals surface area contributed by atoms with Crippen LogP contribution in [0.3, 0.4) is 0 Å². The number of nitrogens with one attached hydrogen (secondary N) is 1. The van der Waals surface area contributed by atoms with Gasteiger partial charge in [-0.3, -0.25) is 9.40 Å². The Labute approximate surface area is 196 Å². The van der Waals surface area contributed by atoms with E-state index in [0.717, 1.165) is 15.4 Å². The molecule has 0 amide bonds. The Bertz CT molecular complexity index is 1480. The molecule has 4 aromatic rings. The van der Waals surface area contributed by atoms with Crippen LogP contribution in [0.2, 0.25) is 5.15 Å². The predicted octanol–water partition coefficient (Wildman–Crippen LogP) is 3.54. The maximum Gasteiger partial charge on any atom is 0.431 e. The zero-order valence-electron chi connectivity index (χ0n) is 17.9. The summed E-state index contributed by atoms with van der Waals surface area (Å²) in [4.78, 5) is 11.6. The van der Waals surface area contributed by atoms with E-state index in [9.17, 15) is 21.6 Å². The Balaban J connectivity index is 1.84. The molecule has 34 heavy (non-hydrogen) atoms. The van der Waals surface area contributed by atoms with Gasteiger partial charge in [0.2, 0.25) is 11.9 Å². The normalized spacial score (nSPS) is 13.3. The number of sulfonamides is 1. The van der Waals surface area contributed by atoms with Crippen molar-refractivity contribution >= 4 is 38.5 Å². The average Bonchev–Trinajstić information content (AvgIpc) is 3.26. The lowest BCUT2D eigenvalue weighted by Crippen LogP contribution is -2.29. The van der Waals surface area contributed by atoms with Gasteiger partial charge >= 0.3 is 6.18 Å². The SMILES string of the molecule is Cc1nn(C)c(Cl)c1S(=O)(=O)Nc1nc2ccccc2nc1OC(c1cncn1C)C(F)(F)F. The van der Waals surface area contributed by atoms with Crippen LogP contribution in [-0.4, -0.2) is 43.9 Å². The standard InChI is InChI=1S/C19H17ClF3N7O3S/c1-10-14(16(20)30(3)27-10)34(31,32)28-17-18(26-12-7-5-4-6-11(12)25-17)33-15(19(21,22)23)13-8-24-9-29(13)2/h4-9,15H,1-3H3,(H,25,28). The smallest absolute Gasteiger partial charge is 0.431 e. The zero-order valence-corrected chi connectivity index (χ0v) is 19.4. The molecule has 4 rings (SSSR count). The summed E-state index contributed by atoms with van der Waals surface area (Å²) in [6.07, 6.45) is -5.20. The molecule has 15 heteroatoms. The highest BCUT2D eigenvalue weighted by Gasteiger charge is 2.45. The minimum absolute atomic E-state index is 0.0827. The summed E-state index contributed by atoms with van der Waals surface area (Å²) in [5.74, 6) is -1.22. The molecule has 1 aromatic carbocycles. The van der Waals surface area contributed by atoms with Gasteiger partial charge in [-0.15, -0.1) is 0 Å². The van der Waals surface area contributed by atoms with E-state index < -0.39 is 34.0 Å². The third-order valence-electron chi connectivity index (χ3n) is 4.79. The molecule has 0 saturated heterocycles. The second-order valence-electron chi connectivity index (χ2n) is 7.27. The van der Waals surface area contributed by atoms with Gasteiger partial charge in [0.05, 0.1) is 34.9 Å². The molecule has 0 aliphatic rings. The van der Waals surface area contributed by atoms with Crippen molar-refractivity contribution in [3.8, 4) is 5.88 Å². The number of rotatable bonds is 6. The van der Waals surface area contributed by atoms with E-state index >= 15 is 0 Å². The summed E-state index contributed by atoms with van der Waals surface area (Å²) in [5.41, 5.74) is 0.189. The van der Waals surface area contributed by atoms with Gasteiger partial charge < -0.3 is 9.30 Å². The first-order chi connectivity index (χ1) is 15.9. The van der Waals surface area contributed by atoms with Gasteiger partial charge in [-0.25, -0.2) is 23.4 Å². The predicted molar refractivity (Wildman–Crippen MR) is 116 cm³/mol. The molecule has 0 fully saturated rings. The van der Waals surface area contributed by atoms with E-state index in [2.05, 4.69) is 24.8 Å². The van der Waals surface area contributed by atoms with Gasteiger partial charge in [0.15, 0.2) is 0 Å². The lowest BCUT2D eigenvalue weighted by atomic mass is 10.2. The quantitative estimate of drug-likeness (QED) is 0.417. The first-order valence-corrected chi connectivity index (χ1v) is 11.4. The summed E-state index contributed by atoms with van der Waals surface area (Å²) >= 11 is 6.08. The van der Waals surface area contributed by atoms with E-state index in [-0.39, 0.29) is 32.5 Å². The third-order valence-corrected chi connectivity index (χ3v) is 6.82. The first kappa shape index (κ1) is 23.8. The number of fused-ring (bicyclic) bond motifs is 1. The summed E-state index contributed by atoms with van der Waals surface area (Å²) in [6.45, 7) is 1.42. The highest BCUT2D eigenvalue weighted by Crippen LogP contribution is 2.39. The fraction of sp³-hybridized carbons (Fsp3) is 0.263. The molecule has 1 unspecified atom stereocenters. The van der Waals surface area contributed by atoms with Gasteiger partial charge in [0.25, 0.3) is 15.9 Å². The molecule has 0 radical (unpaired) electrons. The number of alkyl halides is 3. The van der Waals surface area contributed by atoms with Gasteiger partial charge in [-0.05, 0) is 19.1 Å². The number of para-hydroxylation sites is 2. The molecular formula is C19H17ClF3N7O3S. The fourth-order valence-corrected chi connectivity index (χ4v) is 5.01. The van der Waals surface area contributed by atoms with E-state index in [0.29, 0.717) is 0 Å². The van der Waals surface area contributed by atoms with Crippen LogP contribution in [0.25, 0.3) is 11.0 Å². The van der Waals surface area contributed by atoms with Crippen molar-refractivity contribution in [2.75, 3.05) is 4.72 Å². The third kappa shape index (κ3) is 4.37. The van der Waals surface area contributed by atoms with Crippen molar-refractivity contribution in [2.24, 2.45) is 14.1 Å². The highest BCUT2D eigenvalue weighted by atomic mass is 35.5. The molecule has 0 saturated carbocycles. The van der Waals surface area contributed by atoms with Crippen molar-refractivity contribution < 1.29 is 26.3 Å². The number of aromatic nitrogens is 6. The van der Waals surface area contributed by atoms with Crippen molar-refractivity contribution in [1.29, 1.82) is 0 Å². The molecule has 10 nitrogen and oxygen atoms in total. The molecule has 1 atom stereocenters. The minimum Gasteiger partial charge on any atom is -0.455 e. The monoisotopic (exact) mass is 515 g/mol. The van der Waals surface area contributed by atoms with Crippen LogP contribution < -0.4 is 9.46 Å². The average molecular weight is 516 g/mol. The number of nitrogens with zero attached hydrogens (tertiary/aromatic N) is 6. The molecule has 180 valence electrons. The van der Waals surface area contributed by atoms with Crippen molar-refractivity contribution in [1.82, 2.24) is 29.3 Å². The molecular weight excluding hydrogens is 499 g/mol. The largest absolute Gasteiger partial charge is 0.455 e. The van der Waals surface area contributed by atoms with Crippen molar-refractivity contribution in [3.63, 3.8) is 0 Å². The Morgan fingerprint density at radius 1 is 1.15 bits per heavy atom. The zero-order chi connectivity index (χ0) is 24.8. The molecule has 3 heterocycles. The molecule has 3 aromatic heterocycles. The number of ether oxygens (including phenoxy) is 1. The van der Waals surface area contributed by atoms with Gasteiger partial charge in [-0.1, -0.05) is 23.7 Å². The van der Waals surface area contributed by atoms with Gasteiger partial charge in [0.1, 0.15) is 10.0 Å². The van der Waals surface area contributed by atoms with Crippen molar-refractivity contribution in [2.45, 2.75) is 24.1 Å². The summed E-state index contributed by atoms with van der Waals surface area (Å²) < 4.78 is 77.7. The number of anilines is 1. The topological polar surface area (TPSA) is 117 Å². The van der Waals surface area contributed by atoms with E-state index in [1.807, 2.05) is 0 Å². The molecule has 0 aliphatic heterocycles. The van der Waals surface area contributed by atoms with Gasteiger partial charge in [-0.2, -0.15) is 18.3 Å². The van der Waals surface area contributed by atoms with E-state index in [4.69, 9.17) is 16.3 Å². The summed E-state index contributed by atoms with van der Waals surface area (Å²) in [6, 6.07) is 6.24. The van der Waals surface area contributed by atoms with Crippen LogP contribution in [0.15, 0.2) is 41.7 Å². The number of imidazole rings is 1. The second-order valence-corrected chi connectivity index (χ2v) is 9.25. The van der Waals surface area contributed by atoms with Gasteiger partial charge in [0, 0.05) is 14.1 Å². The van der Waals surface area contributed by atoms with Crippen LogP contribution >= 0.6 is 11.6 Å². The molecule has 1 N–H and O–H groups in total. The number of hydrogen-bond acceptors (Lipinski definition) is 7. The number of benzene rings is 1. The number of halogens is 4. The fourth-order valence-electron chi connectivity index (χ4n) is 3.25. The number of hydrogen-bond donors (Lipinski definition) is 1. The number of aryl methyl sites for hydroxylation is 3. The minimum atomic E-state index is -4.87.